The van der Waals surface area contributed by atoms with Crippen LogP contribution in [-0.4, -0.2) is 26.0 Å². The highest BCUT2D eigenvalue weighted by Gasteiger charge is 2.10. The highest BCUT2D eigenvalue weighted by atomic mass is 35.5. The second-order valence-electron chi connectivity index (χ2n) is 4.55. The molecule has 0 spiro atoms. The van der Waals surface area contributed by atoms with Crippen molar-refractivity contribution in [2.24, 2.45) is 5.10 Å². The third-order valence-electron chi connectivity index (χ3n) is 2.88. The molecule has 0 saturated carbocycles. The smallest absolute Gasteiger partial charge is 0.400 e. The molecule has 10 heteroatoms. The topological polar surface area (TPSA) is 99.3 Å². The third-order valence-corrected chi connectivity index (χ3v) is 4.14. The van der Waals surface area contributed by atoms with Crippen molar-refractivity contribution >= 4 is 35.5 Å². The quantitative estimate of drug-likeness (QED) is 0.287. The Balaban J connectivity index is 1.67. The number of hydrogen-bond donors (Lipinski definition) is 0. The molecule has 0 atom stereocenters. The van der Waals surface area contributed by atoms with Crippen molar-refractivity contribution in [3.63, 3.8) is 0 Å². The van der Waals surface area contributed by atoms with E-state index in [1.165, 1.54) is 41.1 Å². The van der Waals surface area contributed by atoms with Gasteiger partial charge in [0.1, 0.15) is 11.3 Å². The first-order valence-electron chi connectivity index (χ1n) is 6.67. The van der Waals surface area contributed by atoms with Crippen molar-refractivity contribution in [2.75, 3.05) is 0 Å². The molecule has 8 nitrogen and oxygen atoms in total. The summed E-state index contributed by atoms with van der Waals surface area (Å²) in [5.41, 5.74) is 1.09. The molecule has 0 aliphatic carbocycles. The number of benzene rings is 1. The normalized spacial score (nSPS) is 11.2. The van der Waals surface area contributed by atoms with Gasteiger partial charge in [0.25, 0.3) is 0 Å². The number of thioether (sulfide) groups is 1. The lowest BCUT2D eigenvalue weighted by Gasteiger charge is -2.01. The van der Waals surface area contributed by atoms with Gasteiger partial charge in [-0.05, 0) is 23.8 Å². The average molecular weight is 364 g/mol. The maximum atomic E-state index is 10.6. The van der Waals surface area contributed by atoms with Crippen molar-refractivity contribution in [2.45, 2.75) is 10.9 Å². The highest BCUT2D eigenvalue weighted by Crippen LogP contribution is 2.21. The molecule has 0 radical (unpaired) electrons. The average Bonchev–Trinajstić information content (AvgIpc) is 3.21. The number of halogens is 1. The molecule has 0 saturated heterocycles. The van der Waals surface area contributed by atoms with Crippen LogP contribution in [0.15, 0.2) is 57.4 Å². The van der Waals surface area contributed by atoms with Crippen molar-refractivity contribution in [3.05, 3.63) is 69.2 Å². The van der Waals surface area contributed by atoms with Crippen LogP contribution in [0.3, 0.4) is 0 Å². The van der Waals surface area contributed by atoms with Crippen LogP contribution in [0.5, 0.6) is 0 Å². The molecule has 24 heavy (non-hydrogen) atoms. The Bertz CT molecular complexity index is 875. The van der Waals surface area contributed by atoms with Gasteiger partial charge in [0.05, 0.1) is 12.3 Å². The molecule has 2 aromatic heterocycles. The van der Waals surface area contributed by atoms with Crippen LogP contribution in [0.1, 0.15) is 11.3 Å². The fourth-order valence-corrected chi connectivity index (χ4v) is 2.70. The lowest BCUT2D eigenvalue weighted by molar-refractivity contribution is -0.402. The molecular weight excluding hydrogens is 354 g/mol. The molecule has 2 heterocycles. The predicted molar refractivity (Wildman–Crippen MR) is 89.4 cm³/mol. The van der Waals surface area contributed by atoms with Gasteiger partial charge in [0.2, 0.25) is 5.16 Å². The summed E-state index contributed by atoms with van der Waals surface area (Å²) in [5.74, 6) is 0.610. The molecule has 0 aliphatic rings. The monoisotopic (exact) mass is 363 g/mol. The zero-order chi connectivity index (χ0) is 16.9. The van der Waals surface area contributed by atoms with Gasteiger partial charge in [-0.15, -0.1) is 10.2 Å². The fourth-order valence-electron chi connectivity index (χ4n) is 1.75. The zero-order valence-electron chi connectivity index (χ0n) is 12.1. The van der Waals surface area contributed by atoms with Crippen LogP contribution in [0, 0.1) is 10.1 Å². The summed E-state index contributed by atoms with van der Waals surface area (Å²) in [7, 11) is 0. The third kappa shape index (κ3) is 4.00. The Kier molecular flexibility index (Phi) is 4.92. The van der Waals surface area contributed by atoms with Gasteiger partial charge >= 0.3 is 5.88 Å². The van der Waals surface area contributed by atoms with E-state index in [2.05, 4.69) is 15.3 Å². The lowest BCUT2D eigenvalue weighted by Crippen LogP contribution is -1.92. The van der Waals surface area contributed by atoms with Gasteiger partial charge in [0, 0.05) is 10.8 Å². The standard InChI is InChI=1S/C14H10ClN5O3S/c15-11-3-1-10(2-4-11)8-24-14-18-16-9-19(14)17-7-12-5-6-13(23-12)20(21)22/h1-7,9H,8H2/b17-7-. The first-order valence-corrected chi connectivity index (χ1v) is 8.04. The minimum Gasteiger partial charge on any atom is -0.400 e. The molecule has 0 fully saturated rings. The van der Waals surface area contributed by atoms with Gasteiger partial charge in [-0.3, -0.25) is 10.1 Å². The summed E-state index contributed by atoms with van der Waals surface area (Å²) >= 11 is 7.31. The van der Waals surface area contributed by atoms with Gasteiger partial charge in [-0.2, -0.15) is 9.78 Å². The molecular formula is C14H10ClN5O3S. The SMILES string of the molecule is O=[N+]([O-])c1ccc(/C=N\n2cnnc2SCc2ccc(Cl)cc2)o1. The van der Waals surface area contributed by atoms with E-state index >= 15 is 0 Å². The number of rotatable bonds is 6. The zero-order valence-corrected chi connectivity index (χ0v) is 13.6. The van der Waals surface area contributed by atoms with Gasteiger partial charge in [-0.25, -0.2) is 0 Å². The molecule has 122 valence electrons. The van der Waals surface area contributed by atoms with Crippen LogP contribution >= 0.6 is 23.4 Å². The molecule has 0 unspecified atom stereocenters. The second-order valence-corrected chi connectivity index (χ2v) is 5.93. The molecule has 0 amide bonds. The molecule has 0 N–H and O–H groups in total. The molecule has 3 rings (SSSR count). The summed E-state index contributed by atoms with van der Waals surface area (Å²) in [4.78, 5) is 9.97. The van der Waals surface area contributed by atoms with Gasteiger partial charge in [-0.1, -0.05) is 35.5 Å². The maximum absolute atomic E-state index is 10.6. The van der Waals surface area contributed by atoms with E-state index in [1.807, 2.05) is 24.3 Å². The van der Waals surface area contributed by atoms with E-state index in [1.54, 1.807) is 0 Å². The molecule has 3 aromatic rings. The fraction of sp³-hybridized carbons (Fsp3) is 0.0714. The van der Waals surface area contributed by atoms with Crippen molar-refractivity contribution < 1.29 is 9.34 Å². The minimum atomic E-state index is -0.608. The Morgan fingerprint density at radius 2 is 2.12 bits per heavy atom. The Morgan fingerprint density at radius 1 is 1.33 bits per heavy atom. The van der Waals surface area contributed by atoms with E-state index in [0.29, 0.717) is 15.9 Å². The highest BCUT2D eigenvalue weighted by molar-refractivity contribution is 7.98. The van der Waals surface area contributed by atoms with E-state index in [-0.39, 0.29) is 11.6 Å². The summed E-state index contributed by atoms with van der Waals surface area (Å²) in [6.07, 6.45) is 2.81. The Morgan fingerprint density at radius 3 is 2.83 bits per heavy atom. The van der Waals surface area contributed by atoms with E-state index in [9.17, 15) is 10.1 Å². The van der Waals surface area contributed by atoms with Crippen LogP contribution in [0.2, 0.25) is 5.02 Å². The number of nitrogens with zero attached hydrogens (tertiary/aromatic N) is 5. The molecule has 0 aliphatic heterocycles. The molecule has 1 aromatic carbocycles. The van der Waals surface area contributed by atoms with Crippen LogP contribution in [0.4, 0.5) is 5.88 Å². The first-order chi connectivity index (χ1) is 11.6. The van der Waals surface area contributed by atoms with E-state index in [4.69, 9.17) is 16.0 Å². The summed E-state index contributed by atoms with van der Waals surface area (Å²) in [5, 5.41) is 23.8. The lowest BCUT2D eigenvalue weighted by atomic mass is 10.2. The number of aromatic nitrogens is 3. The van der Waals surface area contributed by atoms with Crippen molar-refractivity contribution in [1.29, 1.82) is 0 Å². The maximum Gasteiger partial charge on any atom is 0.433 e. The minimum absolute atomic E-state index is 0.268. The van der Waals surface area contributed by atoms with Crippen LogP contribution in [0.25, 0.3) is 0 Å². The van der Waals surface area contributed by atoms with E-state index in [0.717, 1.165) is 5.56 Å². The number of nitro groups is 1. The van der Waals surface area contributed by atoms with Crippen LogP contribution in [-0.2, 0) is 5.75 Å². The number of hydrogen-bond acceptors (Lipinski definition) is 7. The Hall–Kier alpha value is -2.65. The van der Waals surface area contributed by atoms with E-state index < -0.39 is 4.92 Å². The second kappa shape index (κ2) is 7.28. The predicted octanol–water partition coefficient (Wildman–Crippen LogP) is 3.61. The van der Waals surface area contributed by atoms with Crippen molar-refractivity contribution in [3.8, 4) is 0 Å². The van der Waals surface area contributed by atoms with Gasteiger partial charge < -0.3 is 4.42 Å². The number of furan rings is 1. The Labute approximate surface area is 145 Å². The summed E-state index contributed by atoms with van der Waals surface area (Å²) < 4.78 is 6.47. The summed E-state index contributed by atoms with van der Waals surface area (Å²) in [6, 6.07) is 10.2. The summed E-state index contributed by atoms with van der Waals surface area (Å²) in [6.45, 7) is 0. The van der Waals surface area contributed by atoms with Gasteiger partial charge in [0.15, 0.2) is 5.76 Å². The molecule has 0 bridgehead atoms. The van der Waals surface area contributed by atoms with Crippen LogP contribution < -0.4 is 0 Å². The van der Waals surface area contributed by atoms with Crippen molar-refractivity contribution in [1.82, 2.24) is 14.9 Å². The first kappa shape index (κ1) is 16.2. The largest absolute Gasteiger partial charge is 0.433 e.